The SMILES string of the molecule is C#CC(=O)OCc1cc(OCc2cc(OCc3cc(OC)cc(OC)c3)cc(OCc3cc(OC)cc(OC)c3)c2)cc(OCc2cc(OCc3cc(OC)cc(OC)c3)cc(OCc3cc(OC)cc(OC)c3)c2)c1. The molecule has 7 rings (SSSR count). The number of benzene rings is 7. The van der Waals surface area contributed by atoms with Crippen molar-refractivity contribution in [2.24, 2.45) is 0 Å². The molecule has 0 atom stereocenters. The second-order valence-corrected chi connectivity index (χ2v) is 16.8. The smallest absolute Gasteiger partial charge is 0.384 e. The van der Waals surface area contributed by atoms with Gasteiger partial charge in [0, 0.05) is 48.4 Å². The molecule has 0 aromatic heterocycles. The third-order valence-corrected chi connectivity index (χ3v) is 11.4. The van der Waals surface area contributed by atoms with Gasteiger partial charge in [-0.1, -0.05) is 0 Å². The van der Waals surface area contributed by atoms with E-state index < -0.39 is 5.97 Å². The number of hydrogen-bond acceptors (Lipinski definition) is 16. The monoisotopic (exact) mass is 1040 g/mol. The van der Waals surface area contributed by atoms with Gasteiger partial charge in [0.05, 0.1) is 56.9 Å². The fraction of sp³-hybridized carbons (Fsp3) is 0.250. The molecule has 7 aromatic rings. The van der Waals surface area contributed by atoms with Crippen molar-refractivity contribution in [1.29, 1.82) is 0 Å². The maximum absolute atomic E-state index is 12.1. The van der Waals surface area contributed by atoms with E-state index in [-0.39, 0.29) is 46.2 Å². The summed E-state index contributed by atoms with van der Waals surface area (Å²) in [5.74, 6) is 9.07. The Kier molecular flexibility index (Phi) is 19.5. The molecule has 0 fully saturated rings. The van der Waals surface area contributed by atoms with E-state index in [2.05, 4.69) is 0 Å². The van der Waals surface area contributed by atoms with E-state index in [4.69, 9.17) is 77.5 Å². The predicted octanol–water partition coefficient (Wildman–Crippen LogP) is 10.9. The maximum atomic E-state index is 12.1. The Balaban J connectivity index is 1.14. The second-order valence-electron chi connectivity index (χ2n) is 16.8. The number of carbonyl (C=O) groups is 1. The molecule has 0 bridgehead atoms. The van der Waals surface area contributed by atoms with Gasteiger partial charge in [0.25, 0.3) is 0 Å². The van der Waals surface area contributed by atoms with Gasteiger partial charge >= 0.3 is 5.97 Å². The highest BCUT2D eigenvalue weighted by Crippen LogP contribution is 2.33. The van der Waals surface area contributed by atoms with Crippen LogP contribution >= 0.6 is 0 Å². The van der Waals surface area contributed by atoms with Crippen LogP contribution in [0.2, 0.25) is 0 Å². The molecule has 16 nitrogen and oxygen atoms in total. The number of terminal acetylenes is 1. The third kappa shape index (κ3) is 16.1. The molecule has 0 radical (unpaired) electrons. The van der Waals surface area contributed by atoms with Crippen LogP contribution in [-0.2, 0) is 55.8 Å². The fourth-order valence-corrected chi connectivity index (χ4v) is 7.63. The zero-order valence-corrected chi connectivity index (χ0v) is 43.7. The van der Waals surface area contributed by atoms with Crippen molar-refractivity contribution in [3.05, 3.63) is 166 Å². The summed E-state index contributed by atoms with van der Waals surface area (Å²) in [5.41, 5.74) is 5.29. The van der Waals surface area contributed by atoms with E-state index >= 15 is 0 Å². The van der Waals surface area contributed by atoms with Crippen molar-refractivity contribution in [2.45, 2.75) is 46.2 Å². The molecule has 0 unspecified atom stereocenters. The molecule has 396 valence electrons. The molecule has 0 saturated carbocycles. The van der Waals surface area contributed by atoms with Gasteiger partial charge < -0.3 is 71.1 Å². The van der Waals surface area contributed by atoms with E-state index in [9.17, 15) is 4.79 Å². The molecular formula is C60H60O16. The molecular weight excluding hydrogens is 977 g/mol. The molecule has 0 aliphatic rings. The first-order chi connectivity index (χ1) is 37.0. The van der Waals surface area contributed by atoms with E-state index in [1.807, 2.05) is 78.7 Å². The minimum Gasteiger partial charge on any atom is -0.497 e. The van der Waals surface area contributed by atoms with Crippen molar-refractivity contribution >= 4 is 5.97 Å². The highest BCUT2D eigenvalue weighted by Gasteiger charge is 2.14. The normalized spacial score (nSPS) is 10.5. The minimum atomic E-state index is -0.818. The maximum Gasteiger partial charge on any atom is 0.384 e. The number of hydrogen-bond donors (Lipinski definition) is 0. The number of ether oxygens (including phenoxy) is 15. The Labute approximate surface area is 442 Å². The summed E-state index contributed by atoms with van der Waals surface area (Å²) in [6.45, 7) is 0.774. The summed E-state index contributed by atoms with van der Waals surface area (Å²) >= 11 is 0. The molecule has 0 aliphatic heterocycles. The molecule has 0 heterocycles. The lowest BCUT2D eigenvalue weighted by molar-refractivity contribution is -0.137. The highest BCUT2D eigenvalue weighted by atomic mass is 16.5. The van der Waals surface area contributed by atoms with Crippen LogP contribution in [-0.4, -0.2) is 62.8 Å². The number of carbonyl (C=O) groups excluding carboxylic acids is 1. The van der Waals surface area contributed by atoms with Crippen molar-refractivity contribution < 1.29 is 75.8 Å². The molecule has 76 heavy (non-hydrogen) atoms. The van der Waals surface area contributed by atoms with E-state index in [0.29, 0.717) is 86.1 Å². The third-order valence-electron chi connectivity index (χ3n) is 11.4. The molecule has 16 heteroatoms. The summed E-state index contributed by atoms with van der Waals surface area (Å²) in [5, 5.41) is 0. The summed E-state index contributed by atoms with van der Waals surface area (Å²) in [6, 6.07) is 38.4. The largest absolute Gasteiger partial charge is 0.497 e. The standard InChI is InChI=1S/C60H60O16/c1-10-60(61)76-38-45-23-58(74-36-43-19-54(70-32-39-11-46(62-2)25-47(12-39)63-3)29-55(20-43)71-33-40-13-48(64-4)26-49(14-40)65-5)31-59(24-45)75-37-44-21-56(72-34-41-15-50(66-6)27-51(16-41)67-7)30-57(22-44)73-35-42-17-52(68-8)28-53(18-42)69-9/h1,11-31H,32-38H2,2-9H3. The molecule has 0 spiro atoms. The van der Waals surface area contributed by atoms with Gasteiger partial charge in [-0.15, -0.1) is 6.42 Å². The fourth-order valence-electron chi connectivity index (χ4n) is 7.63. The van der Waals surface area contributed by atoms with E-state index in [0.717, 1.165) is 33.4 Å². The van der Waals surface area contributed by atoms with Crippen molar-refractivity contribution in [3.8, 4) is 92.8 Å². The summed E-state index contributed by atoms with van der Waals surface area (Å²) in [6.07, 6.45) is 5.33. The topological polar surface area (TPSA) is 156 Å². The van der Waals surface area contributed by atoms with Crippen molar-refractivity contribution in [2.75, 3.05) is 56.9 Å². The van der Waals surface area contributed by atoms with Crippen LogP contribution in [0.25, 0.3) is 0 Å². The molecule has 0 saturated heterocycles. The lowest BCUT2D eigenvalue weighted by Gasteiger charge is -2.16. The first-order valence-corrected chi connectivity index (χ1v) is 23.7. The van der Waals surface area contributed by atoms with Crippen LogP contribution in [0.3, 0.4) is 0 Å². The Morgan fingerprint density at radius 2 is 0.434 bits per heavy atom. The Hall–Kier alpha value is -9.23. The Morgan fingerprint density at radius 3 is 0.605 bits per heavy atom. The number of rotatable bonds is 28. The second kappa shape index (κ2) is 27.2. The van der Waals surface area contributed by atoms with Gasteiger partial charge in [0.1, 0.15) is 127 Å². The predicted molar refractivity (Wildman–Crippen MR) is 282 cm³/mol. The van der Waals surface area contributed by atoms with Crippen LogP contribution in [0.15, 0.2) is 127 Å². The van der Waals surface area contributed by atoms with Gasteiger partial charge in [-0.25, -0.2) is 4.79 Å². The first-order valence-electron chi connectivity index (χ1n) is 23.7. The van der Waals surface area contributed by atoms with Crippen LogP contribution in [0.4, 0.5) is 0 Å². The zero-order chi connectivity index (χ0) is 53.8. The van der Waals surface area contributed by atoms with Crippen LogP contribution < -0.4 is 66.3 Å². The van der Waals surface area contributed by atoms with Gasteiger partial charge in [0.2, 0.25) is 0 Å². The van der Waals surface area contributed by atoms with Crippen molar-refractivity contribution in [1.82, 2.24) is 0 Å². The Bertz CT molecular complexity index is 2670. The average molecular weight is 1040 g/mol. The average Bonchev–Trinajstić information content (AvgIpc) is 3.46. The van der Waals surface area contributed by atoms with Crippen LogP contribution in [0.5, 0.6) is 80.5 Å². The molecule has 7 aromatic carbocycles. The van der Waals surface area contributed by atoms with Crippen LogP contribution in [0, 0.1) is 12.3 Å². The number of esters is 1. The molecule has 0 amide bonds. The first kappa shape index (κ1) is 54.5. The highest BCUT2D eigenvalue weighted by molar-refractivity contribution is 5.87. The zero-order valence-electron chi connectivity index (χ0n) is 43.7. The van der Waals surface area contributed by atoms with E-state index in [1.165, 1.54) is 0 Å². The molecule has 0 aliphatic carbocycles. The van der Waals surface area contributed by atoms with Crippen molar-refractivity contribution in [3.63, 3.8) is 0 Å². The lowest BCUT2D eigenvalue weighted by atomic mass is 10.1. The van der Waals surface area contributed by atoms with Crippen LogP contribution in [0.1, 0.15) is 38.9 Å². The van der Waals surface area contributed by atoms with E-state index in [1.54, 1.807) is 111 Å². The van der Waals surface area contributed by atoms with Gasteiger partial charge in [-0.3, -0.25) is 0 Å². The lowest BCUT2D eigenvalue weighted by Crippen LogP contribution is -2.04. The Morgan fingerprint density at radius 1 is 0.276 bits per heavy atom. The summed E-state index contributed by atoms with van der Waals surface area (Å²) in [7, 11) is 12.7. The quantitative estimate of drug-likeness (QED) is 0.0259. The number of methoxy groups -OCH3 is 8. The van der Waals surface area contributed by atoms with Gasteiger partial charge in [-0.05, 0) is 124 Å². The minimum absolute atomic E-state index is 0.0684. The summed E-state index contributed by atoms with van der Waals surface area (Å²) in [4.78, 5) is 12.1. The van der Waals surface area contributed by atoms with Gasteiger partial charge in [-0.2, -0.15) is 0 Å². The summed E-state index contributed by atoms with van der Waals surface area (Å²) < 4.78 is 87.5. The molecule has 0 N–H and O–H groups in total. The van der Waals surface area contributed by atoms with Gasteiger partial charge in [0.15, 0.2) is 0 Å².